The third-order valence-corrected chi connectivity index (χ3v) is 1.10. The third kappa shape index (κ3) is 21.2. The molecule has 0 atom stereocenters. The van der Waals surface area contributed by atoms with Crippen molar-refractivity contribution in [3.8, 4) is 0 Å². The van der Waals surface area contributed by atoms with Crippen molar-refractivity contribution >= 4 is 0 Å². The van der Waals surface area contributed by atoms with Crippen LogP contribution in [-0.2, 0) is 30.4 Å². The molecule has 102 valence electrons. The van der Waals surface area contributed by atoms with Gasteiger partial charge >= 0.3 is 43.7 Å². The van der Waals surface area contributed by atoms with Crippen molar-refractivity contribution in [3.05, 3.63) is 80.6 Å². The van der Waals surface area contributed by atoms with E-state index in [0.29, 0.717) is 0 Å². The molecule has 0 saturated heterocycles. The summed E-state index contributed by atoms with van der Waals surface area (Å²) in [4.78, 5) is 0. The summed E-state index contributed by atoms with van der Waals surface area (Å²) in [5.74, 6) is 0. The molecule has 0 saturated carbocycles. The number of hydrogen-bond donors (Lipinski definition) is 0. The Hall–Kier alpha value is -2.06. The largest absolute Gasteiger partial charge is 2.00 e. The monoisotopic (exact) mass is 349 g/mol. The minimum absolute atomic E-state index is 0. The maximum absolute atomic E-state index is 7.50. The fourth-order valence-electron chi connectivity index (χ4n) is 0.565. The third-order valence-electron chi connectivity index (χ3n) is 1.10. The van der Waals surface area contributed by atoms with Crippen LogP contribution in [0.4, 0.5) is 0 Å². The Morgan fingerprint density at radius 3 is 1.35 bits per heavy atom. The van der Waals surface area contributed by atoms with Gasteiger partial charge in [-0.15, -0.1) is 0 Å². The molecule has 0 aliphatic heterocycles. The van der Waals surface area contributed by atoms with Crippen LogP contribution in [0, 0.1) is 37.6 Å². The van der Waals surface area contributed by atoms with E-state index in [0.717, 1.165) is 0 Å². The summed E-state index contributed by atoms with van der Waals surface area (Å²) >= 11 is 0. The molecule has 7 heteroatoms. The number of rotatable bonds is 0. The van der Waals surface area contributed by atoms with Crippen LogP contribution in [0.1, 0.15) is 0 Å². The summed E-state index contributed by atoms with van der Waals surface area (Å²) in [7, 11) is 0. The van der Waals surface area contributed by atoms with E-state index in [1.807, 2.05) is 0 Å². The molecule has 0 fully saturated rings. The van der Waals surface area contributed by atoms with Gasteiger partial charge in [-0.2, -0.15) is 12.4 Å². The van der Waals surface area contributed by atoms with Crippen molar-refractivity contribution in [1.82, 2.24) is 20.4 Å². The van der Waals surface area contributed by atoms with E-state index in [9.17, 15) is 0 Å². The minimum Gasteiger partial charge on any atom is -0.999 e. The molecule has 0 unspecified atom stereocenters. The van der Waals surface area contributed by atoms with Gasteiger partial charge in [0, 0.05) is 12.4 Å². The molecule has 0 aliphatic carbocycles. The average Bonchev–Trinajstić information content (AvgIpc) is 3.31. The van der Waals surface area contributed by atoms with Gasteiger partial charge in [-0.1, -0.05) is 12.1 Å². The van der Waals surface area contributed by atoms with E-state index in [1.165, 1.54) is 0 Å². The molecule has 1 aromatic carbocycles. The minimum atomic E-state index is 0. The van der Waals surface area contributed by atoms with Crippen LogP contribution in [-0.4, -0.2) is 10.2 Å². The summed E-state index contributed by atoms with van der Waals surface area (Å²) in [5.41, 5.74) is 0. The molecule has 0 spiro atoms. The summed E-state index contributed by atoms with van der Waals surface area (Å²) in [6, 6.07) is 15.6. The normalized spacial score (nSPS) is 6.20. The van der Waals surface area contributed by atoms with Crippen molar-refractivity contribution in [1.29, 1.82) is 0 Å². The van der Waals surface area contributed by atoms with E-state index in [1.54, 1.807) is 43.0 Å². The molecular formula is C13H7MoN4O2-5. The van der Waals surface area contributed by atoms with Crippen LogP contribution in [0.3, 0.4) is 0 Å². The van der Waals surface area contributed by atoms with Crippen LogP contribution in [0.2, 0.25) is 0 Å². The molecule has 0 bridgehead atoms. The van der Waals surface area contributed by atoms with Crippen molar-refractivity contribution < 1.29 is 30.4 Å². The number of nitrogens with zero attached hydrogens (tertiary/aromatic N) is 4. The fraction of sp³-hybridized carbons (Fsp3) is 0. The SMILES string of the molecule is [C-]#[O+].[C-]#[O+].[Mo+2].[c-]1[c-][c-][cH-][c-]1.c1cn[n-]c1.c1cn[n-]c1. The van der Waals surface area contributed by atoms with Crippen LogP contribution >= 0.6 is 0 Å². The Bertz CT molecular complexity index is 327. The molecule has 0 N–H and O–H groups in total. The molecule has 2 heterocycles. The predicted octanol–water partition coefficient (Wildman–Crippen LogP) is 0.606. The molecule has 0 radical (unpaired) electrons. The zero-order valence-corrected chi connectivity index (χ0v) is 12.1. The molecule has 20 heavy (non-hydrogen) atoms. The molecule has 3 aromatic rings. The molecule has 3 rings (SSSR count). The molecular weight excluding hydrogens is 340 g/mol. The first-order valence-electron chi connectivity index (χ1n) is 4.50. The van der Waals surface area contributed by atoms with E-state index in [2.05, 4.69) is 58.0 Å². The van der Waals surface area contributed by atoms with Crippen molar-refractivity contribution in [3.63, 3.8) is 0 Å². The quantitative estimate of drug-likeness (QED) is 0.338. The smallest absolute Gasteiger partial charge is 0.999 e. The maximum atomic E-state index is 7.50. The van der Waals surface area contributed by atoms with Gasteiger partial charge < -0.3 is 50.7 Å². The Balaban J connectivity index is -0.000000189. The van der Waals surface area contributed by atoms with E-state index in [4.69, 9.17) is 9.30 Å². The van der Waals surface area contributed by atoms with Gasteiger partial charge in [0.25, 0.3) is 0 Å². The molecule has 0 amide bonds. The maximum Gasteiger partial charge on any atom is 2.00 e. The number of hydrogen-bond acceptors (Lipinski definition) is 2. The molecule has 0 aliphatic rings. The van der Waals surface area contributed by atoms with Gasteiger partial charge in [0.05, 0.1) is 0 Å². The van der Waals surface area contributed by atoms with Crippen LogP contribution in [0.15, 0.2) is 43.0 Å². The van der Waals surface area contributed by atoms with Gasteiger partial charge in [-0.3, -0.25) is 0 Å². The van der Waals surface area contributed by atoms with Gasteiger partial charge in [-0.25, -0.2) is 0 Å². The topological polar surface area (TPSA) is 93.8 Å². The van der Waals surface area contributed by atoms with E-state index < -0.39 is 0 Å². The van der Waals surface area contributed by atoms with Crippen molar-refractivity contribution in [2.75, 3.05) is 0 Å². The van der Waals surface area contributed by atoms with Crippen LogP contribution < -0.4 is 10.2 Å². The second-order valence-corrected chi connectivity index (χ2v) is 2.13. The summed E-state index contributed by atoms with van der Waals surface area (Å²) in [5, 5.41) is 13.9. The summed E-state index contributed by atoms with van der Waals surface area (Å²) in [6.07, 6.45) is 6.56. The van der Waals surface area contributed by atoms with Crippen molar-refractivity contribution in [2.45, 2.75) is 0 Å². The average molecular weight is 347 g/mol. The Kier molecular flexibility index (Phi) is 29.6. The predicted molar refractivity (Wildman–Crippen MR) is 60.4 cm³/mol. The van der Waals surface area contributed by atoms with Crippen LogP contribution in [0.5, 0.6) is 0 Å². The van der Waals surface area contributed by atoms with Gasteiger partial charge in [0.1, 0.15) is 0 Å². The zero-order valence-electron chi connectivity index (χ0n) is 10.1. The first kappa shape index (κ1) is 23.1. The Morgan fingerprint density at radius 2 is 1.25 bits per heavy atom. The van der Waals surface area contributed by atoms with Gasteiger partial charge in [0.15, 0.2) is 0 Å². The first-order valence-corrected chi connectivity index (χ1v) is 4.50. The molecule has 6 nitrogen and oxygen atoms in total. The van der Waals surface area contributed by atoms with E-state index in [-0.39, 0.29) is 21.1 Å². The standard InChI is InChI=1S/C5H.2C3H3N2.2CO.Mo/c3*1-2-4-5-3-1;2*1-2;/h1H;2*1-3H;;;/q-5;2*-1;;;+2. The molecule has 2 aromatic heterocycles. The summed E-state index contributed by atoms with van der Waals surface area (Å²) in [6.45, 7) is 9.00. The fourth-order valence-corrected chi connectivity index (χ4v) is 0.565. The Morgan fingerprint density at radius 1 is 0.850 bits per heavy atom. The summed E-state index contributed by atoms with van der Waals surface area (Å²) < 4.78 is 15.0. The van der Waals surface area contributed by atoms with Gasteiger partial charge in [0.2, 0.25) is 0 Å². The number of aromatic nitrogens is 4. The zero-order chi connectivity index (χ0) is 14.6. The second-order valence-electron chi connectivity index (χ2n) is 2.13. The Labute approximate surface area is 131 Å². The second kappa shape index (κ2) is 25.7. The van der Waals surface area contributed by atoms with Crippen LogP contribution in [0.25, 0.3) is 0 Å². The van der Waals surface area contributed by atoms with Gasteiger partial charge in [-0.05, 0) is 0 Å². The van der Waals surface area contributed by atoms with Crippen molar-refractivity contribution in [2.24, 2.45) is 0 Å². The first-order chi connectivity index (χ1) is 9.50. The van der Waals surface area contributed by atoms with E-state index >= 15 is 0 Å².